The van der Waals surface area contributed by atoms with Crippen molar-refractivity contribution < 1.29 is 24.9 Å². The molecule has 0 aliphatic carbocycles. The maximum atomic E-state index is 12.8. The van der Waals surface area contributed by atoms with E-state index in [1.165, 1.54) is 0 Å². The van der Waals surface area contributed by atoms with E-state index in [0.29, 0.717) is 16.8 Å². The van der Waals surface area contributed by atoms with Gasteiger partial charge in [-0.05, 0) is 47.5 Å². The van der Waals surface area contributed by atoms with Crippen LogP contribution in [-0.4, -0.2) is 51.1 Å². The van der Waals surface area contributed by atoms with E-state index in [-0.39, 0.29) is 11.5 Å². The molecule has 1 amide bonds. The minimum absolute atomic E-state index is 0.270. The SMILES string of the molecule is C=C1C(c2cccc(C(=O)Nc3ccc4ncccc4c3)c2)OC(CO)C(O)C1O. The Morgan fingerprint density at radius 3 is 2.77 bits per heavy atom. The van der Waals surface area contributed by atoms with Gasteiger partial charge in [0.15, 0.2) is 0 Å². The first kappa shape index (κ1) is 20.2. The summed E-state index contributed by atoms with van der Waals surface area (Å²) in [5.41, 5.74) is 2.75. The highest BCUT2D eigenvalue weighted by molar-refractivity contribution is 6.05. The maximum absolute atomic E-state index is 12.8. The topological polar surface area (TPSA) is 112 Å². The van der Waals surface area contributed by atoms with Gasteiger partial charge in [-0.15, -0.1) is 0 Å². The van der Waals surface area contributed by atoms with Crippen LogP contribution in [0.25, 0.3) is 10.9 Å². The number of anilines is 1. The van der Waals surface area contributed by atoms with Gasteiger partial charge in [0, 0.05) is 22.8 Å². The number of aliphatic hydroxyl groups excluding tert-OH is 3. The molecular weight excluding hydrogens is 384 g/mol. The van der Waals surface area contributed by atoms with Crippen LogP contribution in [0.1, 0.15) is 22.0 Å². The molecule has 4 N–H and O–H groups in total. The first-order valence-electron chi connectivity index (χ1n) is 9.55. The summed E-state index contributed by atoms with van der Waals surface area (Å²) in [5.74, 6) is -0.305. The molecule has 30 heavy (non-hydrogen) atoms. The molecular formula is C23H22N2O5. The summed E-state index contributed by atoms with van der Waals surface area (Å²) in [6.45, 7) is 3.37. The molecule has 1 aromatic heterocycles. The van der Waals surface area contributed by atoms with E-state index in [2.05, 4.69) is 16.9 Å². The molecule has 154 valence electrons. The number of ether oxygens (including phenoxy) is 1. The monoisotopic (exact) mass is 406 g/mol. The normalized spacial score (nSPS) is 24.0. The molecule has 1 aliphatic rings. The van der Waals surface area contributed by atoms with Gasteiger partial charge in [-0.1, -0.05) is 24.8 Å². The second kappa shape index (κ2) is 8.33. The third kappa shape index (κ3) is 3.83. The minimum Gasteiger partial charge on any atom is -0.394 e. The molecule has 0 radical (unpaired) electrons. The van der Waals surface area contributed by atoms with Crippen molar-refractivity contribution in [2.75, 3.05) is 11.9 Å². The number of amides is 1. The van der Waals surface area contributed by atoms with Crippen LogP contribution in [0, 0.1) is 0 Å². The Kier molecular flexibility index (Phi) is 5.61. The Morgan fingerprint density at radius 1 is 1.13 bits per heavy atom. The quantitative estimate of drug-likeness (QED) is 0.494. The maximum Gasteiger partial charge on any atom is 0.255 e. The van der Waals surface area contributed by atoms with Gasteiger partial charge in [0.2, 0.25) is 0 Å². The number of carbonyl (C=O) groups is 1. The van der Waals surface area contributed by atoms with Crippen LogP contribution in [0.3, 0.4) is 0 Å². The van der Waals surface area contributed by atoms with E-state index in [1.54, 1.807) is 36.5 Å². The predicted octanol–water partition coefficient (Wildman–Crippen LogP) is 2.20. The third-order valence-electron chi connectivity index (χ3n) is 5.22. The Balaban J connectivity index is 1.56. The molecule has 0 saturated carbocycles. The van der Waals surface area contributed by atoms with Crippen molar-refractivity contribution >= 4 is 22.5 Å². The number of benzene rings is 2. The number of nitrogens with one attached hydrogen (secondary N) is 1. The van der Waals surface area contributed by atoms with Gasteiger partial charge >= 0.3 is 0 Å². The lowest BCUT2D eigenvalue weighted by Crippen LogP contribution is -2.48. The molecule has 2 heterocycles. The molecule has 4 atom stereocenters. The largest absolute Gasteiger partial charge is 0.394 e. The zero-order chi connectivity index (χ0) is 21.3. The van der Waals surface area contributed by atoms with Gasteiger partial charge in [-0.2, -0.15) is 0 Å². The van der Waals surface area contributed by atoms with Crippen molar-refractivity contribution in [1.29, 1.82) is 0 Å². The van der Waals surface area contributed by atoms with Crippen LogP contribution in [0.15, 0.2) is 72.9 Å². The van der Waals surface area contributed by atoms with Crippen LogP contribution in [0.5, 0.6) is 0 Å². The van der Waals surface area contributed by atoms with E-state index in [9.17, 15) is 20.1 Å². The molecule has 0 bridgehead atoms. The number of aliphatic hydroxyl groups is 3. The Bertz CT molecular complexity index is 1100. The summed E-state index contributed by atoms with van der Waals surface area (Å²) in [6, 6.07) is 16.0. The molecule has 4 rings (SSSR count). The van der Waals surface area contributed by atoms with Crippen LogP contribution in [0.2, 0.25) is 0 Å². The fraction of sp³-hybridized carbons (Fsp3) is 0.217. The number of carbonyl (C=O) groups excluding carboxylic acids is 1. The van der Waals surface area contributed by atoms with Crippen LogP contribution < -0.4 is 5.32 Å². The van der Waals surface area contributed by atoms with Gasteiger partial charge in [0.25, 0.3) is 5.91 Å². The number of nitrogens with zero attached hydrogens (tertiary/aromatic N) is 1. The van der Waals surface area contributed by atoms with Gasteiger partial charge in [-0.3, -0.25) is 9.78 Å². The smallest absolute Gasteiger partial charge is 0.255 e. The van der Waals surface area contributed by atoms with Crippen molar-refractivity contribution in [2.24, 2.45) is 0 Å². The van der Waals surface area contributed by atoms with E-state index < -0.39 is 31.0 Å². The van der Waals surface area contributed by atoms with Crippen molar-refractivity contribution in [1.82, 2.24) is 4.98 Å². The summed E-state index contributed by atoms with van der Waals surface area (Å²) in [4.78, 5) is 17.0. The number of pyridine rings is 1. The van der Waals surface area contributed by atoms with Gasteiger partial charge < -0.3 is 25.4 Å². The number of fused-ring (bicyclic) bond motifs is 1. The highest BCUT2D eigenvalue weighted by Gasteiger charge is 2.39. The fourth-order valence-electron chi connectivity index (χ4n) is 3.56. The van der Waals surface area contributed by atoms with Crippen LogP contribution in [0.4, 0.5) is 5.69 Å². The summed E-state index contributed by atoms with van der Waals surface area (Å²) in [5, 5.41) is 33.4. The van der Waals surface area contributed by atoms with Crippen molar-refractivity contribution in [3.05, 3.63) is 84.1 Å². The Labute approximate surface area is 173 Å². The number of hydrogen-bond acceptors (Lipinski definition) is 6. The van der Waals surface area contributed by atoms with Gasteiger partial charge in [0.05, 0.1) is 12.1 Å². The zero-order valence-electron chi connectivity index (χ0n) is 16.1. The minimum atomic E-state index is -1.26. The number of rotatable bonds is 4. The fourth-order valence-corrected chi connectivity index (χ4v) is 3.56. The predicted molar refractivity (Wildman–Crippen MR) is 112 cm³/mol. The average Bonchev–Trinajstić information content (AvgIpc) is 2.78. The van der Waals surface area contributed by atoms with Gasteiger partial charge in [0.1, 0.15) is 24.4 Å². The standard InChI is InChI=1S/C23H22N2O5/c1-13-20(27)21(28)19(12-26)30-22(13)15-4-2-5-16(10-15)23(29)25-17-7-8-18-14(11-17)6-3-9-24-18/h2-11,19-22,26-28H,1,12H2,(H,25,29). The van der Waals surface area contributed by atoms with Crippen molar-refractivity contribution in [3.63, 3.8) is 0 Å². The first-order valence-corrected chi connectivity index (χ1v) is 9.55. The molecule has 3 aromatic rings. The highest BCUT2D eigenvalue weighted by atomic mass is 16.5. The lowest BCUT2D eigenvalue weighted by molar-refractivity contribution is -0.151. The van der Waals surface area contributed by atoms with E-state index in [0.717, 1.165) is 10.9 Å². The molecule has 1 fully saturated rings. The molecule has 0 spiro atoms. The number of aromatic nitrogens is 1. The Morgan fingerprint density at radius 2 is 1.97 bits per heavy atom. The lowest BCUT2D eigenvalue weighted by Gasteiger charge is -2.38. The lowest BCUT2D eigenvalue weighted by atomic mass is 9.89. The van der Waals surface area contributed by atoms with Crippen LogP contribution in [-0.2, 0) is 4.74 Å². The zero-order valence-corrected chi connectivity index (χ0v) is 16.1. The van der Waals surface area contributed by atoms with Crippen molar-refractivity contribution in [3.8, 4) is 0 Å². The summed E-state index contributed by atoms with van der Waals surface area (Å²) in [6.07, 6.45) is -2.47. The van der Waals surface area contributed by atoms with E-state index in [4.69, 9.17) is 4.74 Å². The second-order valence-electron chi connectivity index (χ2n) is 7.24. The highest BCUT2D eigenvalue weighted by Crippen LogP contribution is 2.35. The molecule has 1 saturated heterocycles. The molecule has 4 unspecified atom stereocenters. The summed E-state index contributed by atoms with van der Waals surface area (Å²) in [7, 11) is 0. The molecule has 2 aromatic carbocycles. The molecule has 7 nitrogen and oxygen atoms in total. The van der Waals surface area contributed by atoms with E-state index in [1.807, 2.05) is 24.3 Å². The van der Waals surface area contributed by atoms with Gasteiger partial charge in [-0.25, -0.2) is 0 Å². The third-order valence-corrected chi connectivity index (χ3v) is 5.22. The average molecular weight is 406 g/mol. The van der Waals surface area contributed by atoms with E-state index >= 15 is 0 Å². The second-order valence-corrected chi connectivity index (χ2v) is 7.24. The van der Waals surface area contributed by atoms with Crippen molar-refractivity contribution in [2.45, 2.75) is 24.4 Å². The number of hydrogen-bond donors (Lipinski definition) is 4. The molecule has 7 heteroatoms. The van der Waals surface area contributed by atoms with Crippen LogP contribution >= 0.6 is 0 Å². The molecule has 1 aliphatic heterocycles. The summed E-state index contributed by atoms with van der Waals surface area (Å²) < 4.78 is 5.72. The summed E-state index contributed by atoms with van der Waals surface area (Å²) >= 11 is 0. The first-order chi connectivity index (χ1) is 14.5. The Hall–Kier alpha value is -3.10.